The summed E-state index contributed by atoms with van der Waals surface area (Å²) < 4.78 is 52.8. The van der Waals surface area contributed by atoms with Gasteiger partial charge in [0, 0.05) is 39.6 Å². The molecule has 174 valence electrons. The zero-order chi connectivity index (χ0) is 22.4. The van der Waals surface area contributed by atoms with E-state index in [4.69, 9.17) is 0 Å². The molecule has 0 saturated carbocycles. The first kappa shape index (κ1) is 25.9. The minimum absolute atomic E-state index is 0. The number of likely N-dealkylation sites (tertiary alicyclic amines) is 1. The number of amides is 1. The zero-order valence-electron chi connectivity index (χ0n) is 17.5. The zero-order valence-corrected chi connectivity index (χ0v) is 19.8. The maximum absolute atomic E-state index is 13.3. The Kier molecular flexibility index (Phi) is 9.29. The number of guanidine groups is 1. The Hall–Kier alpha value is -2.37. The van der Waals surface area contributed by atoms with Gasteiger partial charge in [-0.15, -0.1) is 24.0 Å². The van der Waals surface area contributed by atoms with E-state index < -0.39 is 17.6 Å². The SMILES string of the molecule is CN=C(NCc1ccccc1CN1CCCC1=O)NCc1ccc(F)cc1C(F)(F)F.I. The maximum Gasteiger partial charge on any atom is 0.416 e. The predicted molar refractivity (Wildman–Crippen MR) is 125 cm³/mol. The van der Waals surface area contributed by atoms with Gasteiger partial charge in [-0.05, 0) is 35.2 Å². The van der Waals surface area contributed by atoms with E-state index in [1.807, 2.05) is 29.2 Å². The monoisotopic (exact) mass is 564 g/mol. The molecule has 0 unspecified atom stereocenters. The molecule has 1 saturated heterocycles. The molecule has 1 aliphatic rings. The van der Waals surface area contributed by atoms with Crippen molar-refractivity contribution < 1.29 is 22.4 Å². The highest BCUT2D eigenvalue weighted by molar-refractivity contribution is 14.0. The summed E-state index contributed by atoms with van der Waals surface area (Å²) in [6, 6.07) is 10.3. The van der Waals surface area contributed by atoms with E-state index in [2.05, 4.69) is 15.6 Å². The van der Waals surface area contributed by atoms with E-state index in [1.165, 1.54) is 7.05 Å². The lowest BCUT2D eigenvalue weighted by atomic mass is 10.1. The molecule has 0 aromatic heterocycles. The number of carbonyl (C=O) groups excluding carboxylic acids is 1. The number of aliphatic imine (C=N–C) groups is 1. The van der Waals surface area contributed by atoms with Crippen molar-refractivity contribution in [3.63, 3.8) is 0 Å². The van der Waals surface area contributed by atoms with Gasteiger partial charge >= 0.3 is 6.18 Å². The van der Waals surface area contributed by atoms with Crippen LogP contribution in [0, 0.1) is 5.82 Å². The molecule has 5 nitrogen and oxygen atoms in total. The average molecular weight is 564 g/mol. The summed E-state index contributed by atoms with van der Waals surface area (Å²) >= 11 is 0. The second-order valence-electron chi connectivity index (χ2n) is 7.27. The lowest BCUT2D eigenvalue weighted by Crippen LogP contribution is -2.37. The number of alkyl halides is 3. The highest BCUT2D eigenvalue weighted by Gasteiger charge is 2.33. The molecule has 0 bridgehead atoms. The van der Waals surface area contributed by atoms with E-state index in [0.29, 0.717) is 31.5 Å². The number of hydrogen-bond donors (Lipinski definition) is 2. The van der Waals surface area contributed by atoms with Gasteiger partial charge in [-0.1, -0.05) is 30.3 Å². The van der Waals surface area contributed by atoms with Crippen molar-refractivity contribution in [3.05, 3.63) is 70.5 Å². The molecule has 0 atom stereocenters. The van der Waals surface area contributed by atoms with Crippen molar-refractivity contribution in [2.75, 3.05) is 13.6 Å². The lowest BCUT2D eigenvalue weighted by Gasteiger charge is -2.19. The van der Waals surface area contributed by atoms with Gasteiger partial charge in [0.1, 0.15) is 5.82 Å². The van der Waals surface area contributed by atoms with Crippen LogP contribution in [0.15, 0.2) is 47.5 Å². The van der Waals surface area contributed by atoms with Crippen LogP contribution in [0.4, 0.5) is 17.6 Å². The quantitative estimate of drug-likeness (QED) is 0.236. The predicted octanol–water partition coefficient (Wildman–Crippen LogP) is 4.45. The van der Waals surface area contributed by atoms with Crippen LogP contribution >= 0.6 is 24.0 Å². The summed E-state index contributed by atoms with van der Waals surface area (Å²) in [6.45, 7) is 1.47. The first-order chi connectivity index (χ1) is 14.8. The standard InChI is InChI=1S/C22H24F4N4O.HI/c1-27-21(29-13-16-8-9-18(23)11-19(16)22(24,25)26)28-12-15-5-2-3-6-17(15)14-30-10-4-7-20(30)31;/h2-3,5-6,8-9,11H,4,7,10,12-14H2,1H3,(H2,27,28,29);1H. The van der Waals surface area contributed by atoms with Crippen LogP contribution in [0.5, 0.6) is 0 Å². The minimum Gasteiger partial charge on any atom is -0.352 e. The molecule has 1 heterocycles. The third-order valence-corrected chi connectivity index (χ3v) is 5.14. The normalized spacial score (nSPS) is 14.3. The van der Waals surface area contributed by atoms with Gasteiger partial charge < -0.3 is 15.5 Å². The summed E-state index contributed by atoms with van der Waals surface area (Å²) in [6.07, 6.45) is -3.22. The molecule has 3 rings (SSSR count). The number of carbonyl (C=O) groups is 1. The smallest absolute Gasteiger partial charge is 0.352 e. The summed E-state index contributed by atoms with van der Waals surface area (Å²) in [7, 11) is 1.51. The van der Waals surface area contributed by atoms with Crippen molar-refractivity contribution in [1.29, 1.82) is 0 Å². The van der Waals surface area contributed by atoms with Crippen LogP contribution in [-0.2, 0) is 30.6 Å². The van der Waals surface area contributed by atoms with E-state index >= 15 is 0 Å². The van der Waals surface area contributed by atoms with Crippen molar-refractivity contribution in [2.45, 2.75) is 38.7 Å². The molecule has 2 N–H and O–H groups in total. The minimum atomic E-state index is -4.65. The highest BCUT2D eigenvalue weighted by Crippen LogP contribution is 2.32. The summed E-state index contributed by atoms with van der Waals surface area (Å²) in [5.41, 5.74) is 0.863. The molecule has 1 amide bonds. The molecule has 32 heavy (non-hydrogen) atoms. The fourth-order valence-corrected chi connectivity index (χ4v) is 3.51. The van der Waals surface area contributed by atoms with E-state index in [0.717, 1.165) is 36.2 Å². The molecule has 0 aliphatic carbocycles. The third-order valence-electron chi connectivity index (χ3n) is 5.14. The van der Waals surface area contributed by atoms with Crippen LogP contribution in [0.1, 0.15) is 35.1 Å². The second-order valence-corrected chi connectivity index (χ2v) is 7.27. The Labute approximate surface area is 201 Å². The van der Waals surface area contributed by atoms with Crippen molar-refractivity contribution in [2.24, 2.45) is 4.99 Å². The van der Waals surface area contributed by atoms with Crippen molar-refractivity contribution in [3.8, 4) is 0 Å². The summed E-state index contributed by atoms with van der Waals surface area (Å²) in [5, 5.41) is 5.92. The van der Waals surface area contributed by atoms with E-state index in [-0.39, 0.29) is 42.0 Å². The number of hydrogen-bond acceptors (Lipinski definition) is 2. The van der Waals surface area contributed by atoms with Gasteiger partial charge in [-0.2, -0.15) is 13.2 Å². The van der Waals surface area contributed by atoms with Gasteiger partial charge in [0.2, 0.25) is 5.91 Å². The summed E-state index contributed by atoms with van der Waals surface area (Å²) in [5.74, 6) is -0.490. The van der Waals surface area contributed by atoms with Crippen LogP contribution < -0.4 is 10.6 Å². The Balaban J connectivity index is 0.00000363. The number of rotatable bonds is 6. The van der Waals surface area contributed by atoms with Crippen molar-refractivity contribution in [1.82, 2.24) is 15.5 Å². The van der Waals surface area contributed by atoms with Crippen LogP contribution in [0.25, 0.3) is 0 Å². The van der Waals surface area contributed by atoms with Crippen LogP contribution in [0.2, 0.25) is 0 Å². The Morgan fingerprint density at radius 3 is 2.31 bits per heavy atom. The molecule has 1 fully saturated rings. The topological polar surface area (TPSA) is 56.7 Å². The number of nitrogens with zero attached hydrogens (tertiary/aromatic N) is 2. The molecule has 0 radical (unpaired) electrons. The molecule has 1 aliphatic heterocycles. The number of benzene rings is 2. The Bertz CT molecular complexity index is 965. The summed E-state index contributed by atoms with van der Waals surface area (Å²) in [4.78, 5) is 17.8. The third kappa shape index (κ3) is 6.81. The average Bonchev–Trinajstić information content (AvgIpc) is 3.13. The van der Waals surface area contributed by atoms with Gasteiger partial charge in [0.15, 0.2) is 5.96 Å². The molecule has 2 aromatic carbocycles. The van der Waals surface area contributed by atoms with Gasteiger partial charge in [0.05, 0.1) is 5.56 Å². The van der Waals surface area contributed by atoms with E-state index in [9.17, 15) is 22.4 Å². The second kappa shape index (κ2) is 11.5. The Morgan fingerprint density at radius 2 is 1.72 bits per heavy atom. The maximum atomic E-state index is 13.3. The fraction of sp³-hybridized carbons (Fsp3) is 0.364. The first-order valence-corrected chi connectivity index (χ1v) is 9.92. The first-order valence-electron chi connectivity index (χ1n) is 9.92. The van der Waals surface area contributed by atoms with Crippen LogP contribution in [-0.4, -0.2) is 30.4 Å². The van der Waals surface area contributed by atoms with Crippen molar-refractivity contribution >= 4 is 35.8 Å². The van der Waals surface area contributed by atoms with Gasteiger partial charge in [-0.3, -0.25) is 9.79 Å². The molecule has 2 aromatic rings. The molecule has 0 spiro atoms. The fourth-order valence-electron chi connectivity index (χ4n) is 3.51. The Morgan fingerprint density at radius 1 is 1.06 bits per heavy atom. The van der Waals surface area contributed by atoms with Gasteiger partial charge in [-0.25, -0.2) is 4.39 Å². The highest BCUT2D eigenvalue weighted by atomic mass is 127. The number of nitrogens with one attached hydrogen (secondary N) is 2. The molecule has 10 heteroatoms. The molecular formula is C22H25F4IN4O. The van der Waals surface area contributed by atoms with E-state index in [1.54, 1.807) is 0 Å². The number of halogens is 5. The molecular weight excluding hydrogens is 539 g/mol. The lowest BCUT2D eigenvalue weighted by molar-refractivity contribution is -0.138. The van der Waals surface area contributed by atoms with Gasteiger partial charge in [0.25, 0.3) is 0 Å². The van der Waals surface area contributed by atoms with Crippen LogP contribution in [0.3, 0.4) is 0 Å². The largest absolute Gasteiger partial charge is 0.416 e.